The SMILES string of the molecule is C1CCC1.CCCC1CNCCN1. The van der Waals surface area contributed by atoms with E-state index in [4.69, 9.17) is 0 Å². The molecule has 1 saturated carbocycles. The lowest BCUT2D eigenvalue weighted by Gasteiger charge is -2.23. The Kier molecular flexibility index (Phi) is 6.21. The Balaban J connectivity index is 0.000000175. The van der Waals surface area contributed by atoms with E-state index in [1.54, 1.807) is 0 Å². The smallest absolute Gasteiger partial charge is 0.0192 e. The monoisotopic (exact) mass is 184 g/mol. The summed E-state index contributed by atoms with van der Waals surface area (Å²) in [6.45, 7) is 5.68. The zero-order valence-electron chi connectivity index (χ0n) is 8.94. The first-order valence-electron chi connectivity index (χ1n) is 5.87. The molecule has 2 fully saturated rings. The van der Waals surface area contributed by atoms with Crippen molar-refractivity contribution in [2.75, 3.05) is 19.6 Å². The van der Waals surface area contributed by atoms with E-state index in [0.717, 1.165) is 25.7 Å². The molecule has 2 rings (SSSR count). The van der Waals surface area contributed by atoms with Gasteiger partial charge in [-0.05, 0) is 6.42 Å². The molecule has 1 aliphatic heterocycles. The molecule has 0 radical (unpaired) electrons. The van der Waals surface area contributed by atoms with Crippen LogP contribution in [0.15, 0.2) is 0 Å². The third kappa shape index (κ3) is 5.27. The highest BCUT2D eigenvalue weighted by Crippen LogP contribution is 2.15. The van der Waals surface area contributed by atoms with Crippen LogP contribution in [0.1, 0.15) is 45.4 Å². The quantitative estimate of drug-likeness (QED) is 0.685. The third-order valence-corrected chi connectivity index (χ3v) is 2.76. The fourth-order valence-electron chi connectivity index (χ4n) is 1.52. The lowest BCUT2D eigenvalue weighted by Crippen LogP contribution is -2.48. The van der Waals surface area contributed by atoms with Crippen LogP contribution in [0.25, 0.3) is 0 Å². The molecule has 0 aromatic heterocycles. The molecule has 0 bridgehead atoms. The second kappa shape index (κ2) is 7.34. The molecule has 0 spiro atoms. The van der Waals surface area contributed by atoms with E-state index < -0.39 is 0 Å². The summed E-state index contributed by atoms with van der Waals surface area (Å²) >= 11 is 0. The lowest BCUT2D eigenvalue weighted by atomic mass is 10.0. The molecule has 78 valence electrons. The number of hydrogen-bond acceptors (Lipinski definition) is 2. The maximum atomic E-state index is 3.46. The van der Waals surface area contributed by atoms with Gasteiger partial charge in [0, 0.05) is 25.7 Å². The highest BCUT2D eigenvalue weighted by Gasteiger charge is 2.08. The third-order valence-electron chi connectivity index (χ3n) is 2.76. The van der Waals surface area contributed by atoms with Gasteiger partial charge in [0.25, 0.3) is 0 Å². The number of rotatable bonds is 2. The minimum atomic E-state index is 0.740. The van der Waals surface area contributed by atoms with Gasteiger partial charge in [0.15, 0.2) is 0 Å². The molecule has 1 saturated heterocycles. The van der Waals surface area contributed by atoms with Crippen LogP contribution in [-0.2, 0) is 0 Å². The molecule has 1 heterocycles. The number of piperazine rings is 1. The number of nitrogens with one attached hydrogen (secondary N) is 2. The van der Waals surface area contributed by atoms with E-state index in [0.29, 0.717) is 0 Å². The first-order valence-corrected chi connectivity index (χ1v) is 5.87. The van der Waals surface area contributed by atoms with Gasteiger partial charge in [-0.1, -0.05) is 39.0 Å². The fraction of sp³-hybridized carbons (Fsp3) is 1.00. The van der Waals surface area contributed by atoms with Crippen LogP contribution in [0.3, 0.4) is 0 Å². The normalized spacial score (nSPS) is 27.0. The lowest BCUT2D eigenvalue weighted by molar-refractivity contribution is 0.397. The Labute approximate surface area is 82.5 Å². The van der Waals surface area contributed by atoms with Crippen LogP contribution >= 0.6 is 0 Å². The molecule has 2 heteroatoms. The second-order valence-electron chi connectivity index (χ2n) is 4.06. The van der Waals surface area contributed by atoms with Crippen molar-refractivity contribution in [1.82, 2.24) is 10.6 Å². The second-order valence-corrected chi connectivity index (χ2v) is 4.06. The zero-order valence-corrected chi connectivity index (χ0v) is 8.94. The van der Waals surface area contributed by atoms with E-state index >= 15 is 0 Å². The van der Waals surface area contributed by atoms with Crippen molar-refractivity contribution in [2.24, 2.45) is 0 Å². The summed E-state index contributed by atoms with van der Waals surface area (Å²) in [5.41, 5.74) is 0. The first-order chi connectivity index (χ1) is 6.43. The van der Waals surface area contributed by atoms with Crippen molar-refractivity contribution in [3.05, 3.63) is 0 Å². The summed E-state index contributed by atoms with van der Waals surface area (Å²) in [5.74, 6) is 0. The van der Waals surface area contributed by atoms with Crippen LogP contribution in [0, 0.1) is 0 Å². The van der Waals surface area contributed by atoms with Crippen LogP contribution in [0.2, 0.25) is 0 Å². The molecule has 1 aliphatic carbocycles. The summed E-state index contributed by atoms with van der Waals surface area (Å²) in [6.07, 6.45) is 8.60. The molecule has 1 unspecified atom stereocenters. The highest BCUT2D eigenvalue weighted by molar-refractivity contribution is 4.74. The van der Waals surface area contributed by atoms with Crippen LogP contribution in [0.4, 0.5) is 0 Å². The van der Waals surface area contributed by atoms with Crippen molar-refractivity contribution < 1.29 is 0 Å². The number of hydrogen-bond donors (Lipinski definition) is 2. The Morgan fingerprint density at radius 2 is 1.77 bits per heavy atom. The maximum Gasteiger partial charge on any atom is 0.0192 e. The van der Waals surface area contributed by atoms with Gasteiger partial charge in [-0.25, -0.2) is 0 Å². The molecule has 2 N–H and O–H groups in total. The zero-order chi connectivity index (χ0) is 9.36. The maximum absolute atomic E-state index is 3.46. The molecule has 1 atom stereocenters. The average Bonchev–Trinajstić information content (AvgIpc) is 2.03. The van der Waals surface area contributed by atoms with Gasteiger partial charge < -0.3 is 10.6 Å². The van der Waals surface area contributed by atoms with E-state index in [-0.39, 0.29) is 0 Å². The predicted molar refractivity (Wildman–Crippen MR) is 58.0 cm³/mol. The van der Waals surface area contributed by atoms with Crippen molar-refractivity contribution in [2.45, 2.75) is 51.5 Å². The molecule has 0 amide bonds. The Morgan fingerprint density at radius 3 is 2.15 bits per heavy atom. The van der Waals surface area contributed by atoms with Gasteiger partial charge in [-0.3, -0.25) is 0 Å². The van der Waals surface area contributed by atoms with Gasteiger partial charge >= 0.3 is 0 Å². The molecule has 0 aromatic rings. The van der Waals surface area contributed by atoms with E-state index in [2.05, 4.69) is 17.6 Å². The van der Waals surface area contributed by atoms with Gasteiger partial charge in [-0.15, -0.1) is 0 Å². The summed E-state index contributed by atoms with van der Waals surface area (Å²) in [4.78, 5) is 0. The average molecular weight is 184 g/mol. The molecule has 0 aromatic carbocycles. The van der Waals surface area contributed by atoms with Crippen LogP contribution in [-0.4, -0.2) is 25.7 Å². The van der Waals surface area contributed by atoms with Crippen LogP contribution < -0.4 is 10.6 Å². The van der Waals surface area contributed by atoms with E-state index in [1.807, 2.05) is 0 Å². The van der Waals surface area contributed by atoms with Crippen molar-refractivity contribution in [1.29, 1.82) is 0 Å². The summed E-state index contributed by atoms with van der Waals surface area (Å²) in [6, 6.07) is 0.740. The van der Waals surface area contributed by atoms with Crippen molar-refractivity contribution in [3.63, 3.8) is 0 Å². The first kappa shape index (κ1) is 11.0. The Hall–Kier alpha value is -0.0800. The Morgan fingerprint density at radius 1 is 1.08 bits per heavy atom. The van der Waals surface area contributed by atoms with Crippen molar-refractivity contribution >= 4 is 0 Å². The topological polar surface area (TPSA) is 24.1 Å². The standard InChI is InChI=1S/C7H16N2.C4H8/c1-2-3-7-6-8-4-5-9-7;1-2-4-3-1/h7-9H,2-6H2,1H3;1-4H2. The molecular weight excluding hydrogens is 160 g/mol. The van der Waals surface area contributed by atoms with Gasteiger partial charge in [0.1, 0.15) is 0 Å². The minimum absolute atomic E-state index is 0.740. The summed E-state index contributed by atoms with van der Waals surface area (Å²) in [7, 11) is 0. The largest absolute Gasteiger partial charge is 0.314 e. The molecule has 2 nitrogen and oxygen atoms in total. The Bertz CT molecular complexity index is 97.9. The highest BCUT2D eigenvalue weighted by atomic mass is 15.0. The van der Waals surface area contributed by atoms with Crippen LogP contribution in [0.5, 0.6) is 0 Å². The summed E-state index contributed by atoms with van der Waals surface area (Å²) < 4.78 is 0. The molecule has 2 aliphatic rings. The predicted octanol–water partition coefficient (Wildman–Crippen LogP) is 1.91. The molecule has 13 heavy (non-hydrogen) atoms. The summed E-state index contributed by atoms with van der Waals surface area (Å²) in [5, 5.41) is 6.81. The van der Waals surface area contributed by atoms with Gasteiger partial charge in [-0.2, -0.15) is 0 Å². The van der Waals surface area contributed by atoms with Crippen molar-refractivity contribution in [3.8, 4) is 0 Å². The van der Waals surface area contributed by atoms with E-state index in [9.17, 15) is 0 Å². The van der Waals surface area contributed by atoms with Gasteiger partial charge in [0.05, 0.1) is 0 Å². The minimum Gasteiger partial charge on any atom is -0.314 e. The van der Waals surface area contributed by atoms with E-state index in [1.165, 1.54) is 38.5 Å². The molecular formula is C11H24N2. The fourth-order valence-corrected chi connectivity index (χ4v) is 1.52. The van der Waals surface area contributed by atoms with Gasteiger partial charge in [0.2, 0.25) is 0 Å².